The van der Waals surface area contributed by atoms with Crippen LogP contribution in [-0.4, -0.2) is 19.1 Å². The molecule has 1 N–H and O–H groups in total. The second kappa shape index (κ2) is 18.3. The molecule has 2 aromatic rings. The Bertz CT molecular complexity index is 1020. The topological polar surface area (TPSA) is 72.5 Å². The summed E-state index contributed by atoms with van der Waals surface area (Å²) in [6.45, 7) is 2.95. The molecule has 0 fully saturated rings. The standard InChI is InChI=1S/C31H48N2O3S.Na/c1-2-3-4-5-6-7-8-9-10-11-12-13-14-15-19-22-31-32-29-24-23-28(37(34,35)36)25-30(29)33(31)26-27-20-17-16-18-21-27;/h16-18,20-21,23-25,31-32H,2-15,19,22,26H2,1H3,(H,34,35,36);/q;+1/p-1. The molecule has 1 unspecified atom stereocenters. The molecular formula is C31H47N2NaO3S. The van der Waals surface area contributed by atoms with E-state index in [0.29, 0.717) is 6.54 Å². The average Bonchev–Trinajstić information content (AvgIpc) is 3.23. The van der Waals surface area contributed by atoms with Gasteiger partial charge in [0.25, 0.3) is 0 Å². The van der Waals surface area contributed by atoms with Crippen molar-refractivity contribution in [1.82, 2.24) is 0 Å². The Hall–Kier alpha value is -1.05. The van der Waals surface area contributed by atoms with Gasteiger partial charge in [0.05, 0.1) is 22.4 Å². The van der Waals surface area contributed by atoms with Gasteiger partial charge in [-0.2, -0.15) is 0 Å². The van der Waals surface area contributed by atoms with Crippen LogP contribution < -0.4 is 39.8 Å². The summed E-state index contributed by atoms with van der Waals surface area (Å²) in [5.41, 5.74) is 2.86. The molecule has 0 aromatic heterocycles. The molecule has 2 aromatic carbocycles. The first-order valence-corrected chi connectivity index (χ1v) is 16.1. The number of hydrogen-bond donors (Lipinski definition) is 1. The minimum absolute atomic E-state index is 0. The van der Waals surface area contributed by atoms with E-state index in [4.69, 9.17) is 0 Å². The van der Waals surface area contributed by atoms with Crippen LogP contribution in [-0.2, 0) is 16.7 Å². The van der Waals surface area contributed by atoms with Crippen molar-refractivity contribution in [2.24, 2.45) is 0 Å². The molecule has 0 aliphatic carbocycles. The molecule has 0 spiro atoms. The van der Waals surface area contributed by atoms with Gasteiger partial charge in [0, 0.05) is 6.54 Å². The fourth-order valence-electron chi connectivity index (χ4n) is 5.36. The third-order valence-corrected chi connectivity index (χ3v) is 8.37. The predicted molar refractivity (Wildman–Crippen MR) is 154 cm³/mol. The molecule has 1 aliphatic heterocycles. The van der Waals surface area contributed by atoms with Crippen molar-refractivity contribution in [3.63, 3.8) is 0 Å². The second-order valence-corrected chi connectivity index (χ2v) is 12.0. The SMILES string of the molecule is CCCCCCCCCCCCCCCCCC1Nc2ccc(S(=O)(=O)[O-])cc2N1Cc1ccccc1.[Na+]. The molecule has 38 heavy (non-hydrogen) atoms. The summed E-state index contributed by atoms with van der Waals surface area (Å²) in [7, 11) is -4.49. The van der Waals surface area contributed by atoms with Crippen LogP contribution in [0.25, 0.3) is 0 Å². The molecule has 0 bridgehead atoms. The number of nitrogens with zero attached hydrogens (tertiary/aromatic N) is 1. The van der Waals surface area contributed by atoms with E-state index < -0.39 is 10.1 Å². The average molecular weight is 551 g/mol. The van der Waals surface area contributed by atoms with Crippen molar-refractivity contribution in [1.29, 1.82) is 0 Å². The molecule has 0 amide bonds. The Morgan fingerprint density at radius 3 is 1.82 bits per heavy atom. The van der Waals surface area contributed by atoms with E-state index in [1.54, 1.807) is 6.07 Å². The van der Waals surface area contributed by atoms with E-state index in [2.05, 4.69) is 29.3 Å². The van der Waals surface area contributed by atoms with Gasteiger partial charge in [-0.1, -0.05) is 127 Å². The number of unbranched alkanes of at least 4 members (excludes halogenated alkanes) is 14. The number of hydrogen-bond acceptors (Lipinski definition) is 5. The van der Waals surface area contributed by atoms with Crippen LogP contribution in [0.15, 0.2) is 53.4 Å². The first-order chi connectivity index (χ1) is 18.0. The van der Waals surface area contributed by atoms with Gasteiger partial charge in [0.1, 0.15) is 10.1 Å². The molecule has 0 radical (unpaired) electrons. The van der Waals surface area contributed by atoms with Crippen molar-refractivity contribution in [2.45, 2.75) is 127 Å². The summed E-state index contributed by atoms with van der Waals surface area (Å²) in [5, 5.41) is 3.56. The molecule has 0 saturated heterocycles. The monoisotopic (exact) mass is 550 g/mol. The van der Waals surface area contributed by atoms with Crippen LogP contribution in [0.3, 0.4) is 0 Å². The van der Waals surface area contributed by atoms with E-state index in [0.717, 1.165) is 29.8 Å². The third-order valence-electron chi connectivity index (χ3n) is 7.54. The minimum atomic E-state index is -4.49. The van der Waals surface area contributed by atoms with Crippen molar-refractivity contribution in [3.8, 4) is 0 Å². The zero-order valence-electron chi connectivity index (χ0n) is 23.8. The fourth-order valence-corrected chi connectivity index (χ4v) is 5.86. The van der Waals surface area contributed by atoms with E-state index in [1.807, 2.05) is 18.2 Å². The van der Waals surface area contributed by atoms with Crippen LogP contribution in [0, 0.1) is 0 Å². The number of anilines is 2. The van der Waals surface area contributed by atoms with Crippen LogP contribution in [0.5, 0.6) is 0 Å². The Balaban J connectivity index is 0.00000507. The Morgan fingerprint density at radius 1 is 0.763 bits per heavy atom. The number of fused-ring (bicyclic) bond motifs is 1. The van der Waals surface area contributed by atoms with Crippen molar-refractivity contribution in [3.05, 3.63) is 54.1 Å². The minimum Gasteiger partial charge on any atom is -0.744 e. The second-order valence-electron chi connectivity index (χ2n) is 10.6. The van der Waals surface area contributed by atoms with E-state index >= 15 is 0 Å². The largest absolute Gasteiger partial charge is 1.00 e. The molecule has 1 atom stereocenters. The van der Waals surface area contributed by atoms with Gasteiger partial charge in [-0.15, -0.1) is 0 Å². The quantitative estimate of drug-likeness (QED) is 0.140. The Kier molecular flexibility index (Phi) is 16.0. The van der Waals surface area contributed by atoms with Gasteiger partial charge in [-0.05, 0) is 36.6 Å². The normalized spacial score (nSPS) is 14.7. The zero-order valence-corrected chi connectivity index (χ0v) is 26.6. The zero-order chi connectivity index (χ0) is 26.3. The van der Waals surface area contributed by atoms with Gasteiger partial charge in [0.2, 0.25) is 0 Å². The molecule has 5 nitrogen and oxygen atoms in total. The number of benzene rings is 2. The molecule has 7 heteroatoms. The Morgan fingerprint density at radius 2 is 1.29 bits per heavy atom. The predicted octanol–water partition coefficient (Wildman–Crippen LogP) is 5.61. The first-order valence-electron chi connectivity index (χ1n) is 14.7. The van der Waals surface area contributed by atoms with Crippen LogP contribution in [0.1, 0.15) is 115 Å². The van der Waals surface area contributed by atoms with Crippen LogP contribution in [0.2, 0.25) is 0 Å². The van der Waals surface area contributed by atoms with Crippen LogP contribution >= 0.6 is 0 Å². The van der Waals surface area contributed by atoms with Gasteiger partial charge >= 0.3 is 29.6 Å². The smallest absolute Gasteiger partial charge is 0.744 e. The molecule has 1 aliphatic rings. The summed E-state index contributed by atoms with van der Waals surface area (Å²) in [5.74, 6) is 0. The van der Waals surface area contributed by atoms with Crippen molar-refractivity contribution >= 4 is 21.5 Å². The third kappa shape index (κ3) is 11.6. The van der Waals surface area contributed by atoms with Gasteiger partial charge in [-0.3, -0.25) is 0 Å². The summed E-state index contributed by atoms with van der Waals surface area (Å²) in [6.07, 6.45) is 21.3. The summed E-state index contributed by atoms with van der Waals surface area (Å²) >= 11 is 0. The summed E-state index contributed by atoms with van der Waals surface area (Å²) < 4.78 is 34.8. The maximum absolute atomic E-state index is 11.6. The Labute approximate surface area is 254 Å². The molecule has 3 rings (SSSR count). The van der Waals surface area contributed by atoms with E-state index in [1.165, 1.54) is 102 Å². The van der Waals surface area contributed by atoms with Crippen molar-refractivity contribution in [2.75, 3.05) is 10.2 Å². The first kappa shape index (κ1) is 33.2. The maximum Gasteiger partial charge on any atom is 1.00 e. The van der Waals surface area contributed by atoms with E-state index in [9.17, 15) is 13.0 Å². The number of nitrogens with one attached hydrogen (secondary N) is 1. The summed E-state index contributed by atoms with van der Waals surface area (Å²) in [4.78, 5) is 2.04. The van der Waals surface area contributed by atoms with Crippen molar-refractivity contribution < 1.29 is 42.5 Å². The van der Waals surface area contributed by atoms with Gasteiger partial charge in [0.15, 0.2) is 0 Å². The number of rotatable bonds is 19. The molecule has 1 heterocycles. The molecular weight excluding hydrogens is 503 g/mol. The van der Waals surface area contributed by atoms with Crippen LogP contribution in [0.4, 0.5) is 11.4 Å². The maximum atomic E-state index is 11.6. The van der Waals surface area contributed by atoms with Gasteiger partial charge < -0.3 is 14.8 Å². The van der Waals surface area contributed by atoms with E-state index in [-0.39, 0.29) is 40.6 Å². The fraction of sp³-hybridized carbons (Fsp3) is 0.613. The molecule has 0 saturated carbocycles. The molecule has 206 valence electrons. The van der Waals surface area contributed by atoms with Gasteiger partial charge in [-0.25, -0.2) is 8.42 Å². The summed E-state index contributed by atoms with van der Waals surface area (Å²) in [6, 6.07) is 14.8.